The van der Waals surface area contributed by atoms with Gasteiger partial charge in [-0.2, -0.15) is 0 Å². The van der Waals surface area contributed by atoms with Crippen LogP contribution in [0.15, 0.2) is 53.4 Å². The highest BCUT2D eigenvalue weighted by atomic mass is 32.2. The van der Waals surface area contributed by atoms with Crippen LogP contribution in [0.1, 0.15) is 16.7 Å². The van der Waals surface area contributed by atoms with Crippen molar-refractivity contribution in [1.29, 1.82) is 0 Å². The third-order valence-electron chi connectivity index (χ3n) is 3.21. The van der Waals surface area contributed by atoms with Crippen molar-refractivity contribution in [2.75, 3.05) is 0 Å². The summed E-state index contributed by atoms with van der Waals surface area (Å²) >= 11 is 1.41. The smallest absolute Gasteiger partial charge is 0.317 e. The first-order valence-corrected chi connectivity index (χ1v) is 7.45. The Kier molecular flexibility index (Phi) is 4.85. The Bertz CT molecular complexity index is 593. The Morgan fingerprint density at radius 2 is 1.85 bits per heavy atom. The number of hydrogen-bond donors (Lipinski definition) is 1. The van der Waals surface area contributed by atoms with E-state index in [2.05, 4.69) is 18.2 Å². The molecule has 0 radical (unpaired) electrons. The fraction of sp³-hybridized carbons (Fsp3) is 0.235. The van der Waals surface area contributed by atoms with Crippen LogP contribution in [0.3, 0.4) is 0 Å². The Labute approximate surface area is 123 Å². The van der Waals surface area contributed by atoms with Crippen molar-refractivity contribution in [3.63, 3.8) is 0 Å². The summed E-state index contributed by atoms with van der Waals surface area (Å²) in [7, 11) is 0. The first-order chi connectivity index (χ1) is 9.56. The van der Waals surface area contributed by atoms with Gasteiger partial charge >= 0.3 is 5.97 Å². The zero-order valence-electron chi connectivity index (χ0n) is 11.7. The van der Waals surface area contributed by atoms with Crippen molar-refractivity contribution in [2.24, 2.45) is 0 Å². The van der Waals surface area contributed by atoms with E-state index in [0.29, 0.717) is 6.42 Å². The lowest BCUT2D eigenvalue weighted by Crippen LogP contribution is -2.19. The van der Waals surface area contributed by atoms with Gasteiger partial charge in [-0.25, -0.2) is 0 Å². The van der Waals surface area contributed by atoms with E-state index in [-0.39, 0.29) is 0 Å². The Balaban J connectivity index is 2.18. The van der Waals surface area contributed by atoms with Gasteiger partial charge in [0.15, 0.2) is 0 Å². The van der Waals surface area contributed by atoms with E-state index in [4.69, 9.17) is 0 Å². The van der Waals surface area contributed by atoms with E-state index in [1.165, 1.54) is 17.3 Å². The number of aryl methyl sites for hydroxylation is 2. The van der Waals surface area contributed by atoms with Gasteiger partial charge in [-0.05, 0) is 43.5 Å². The lowest BCUT2D eigenvalue weighted by molar-refractivity contribution is -0.136. The molecule has 20 heavy (non-hydrogen) atoms. The number of thioether (sulfide) groups is 1. The van der Waals surface area contributed by atoms with Crippen molar-refractivity contribution >= 4 is 17.7 Å². The van der Waals surface area contributed by atoms with Crippen LogP contribution in [0.25, 0.3) is 0 Å². The van der Waals surface area contributed by atoms with E-state index in [9.17, 15) is 9.90 Å². The van der Waals surface area contributed by atoms with Crippen LogP contribution in [0, 0.1) is 13.8 Å². The molecule has 0 aliphatic carbocycles. The lowest BCUT2D eigenvalue weighted by atomic mass is 10.0. The molecule has 0 heterocycles. The monoisotopic (exact) mass is 286 g/mol. The zero-order chi connectivity index (χ0) is 14.5. The maximum absolute atomic E-state index is 11.5. The lowest BCUT2D eigenvalue weighted by Gasteiger charge is -2.14. The number of hydrogen-bond acceptors (Lipinski definition) is 2. The second-order valence-corrected chi connectivity index (χ2v) is 6.17. The van der Waals surface area contributed by atoms with Gasteiger partial charge < -0.3 is 5.11 Å². The van der Waals surface area contributed by atoms with Crippen molar-refractivity contribution in [3.05, 3.63) is 65.2 Å². The number of benzene rings is 2. The molecule has 2 rings (SSSR count). The summed E-state index contributed by atoms with van der Waals surface area (Å²) in [6.45, 7) is 4.06. The molecule has 0 fully saturated rings. The molecular weight excluding hydrogens is 268 g/mol. The second kappa shape index (κ2) is 6.62. The summed E-state index contributed by atoms with van der Waals surface area (Å²) in [5.41, 5.74) is 3.43. The predicted molar refractivity (Wildman–Crippen MR) is 83.3 cm³/mol. The minimum absolute atomic E-state index is 0.460. The van der Waals surface area contributed by atoms with Gasteiger partial charge in [-0.1, -0.05) is 42.0 Å². The third kappa shape index (κ3) is 3.87. The predicted octanol–water partition coefficient (Wildman–Crippen LogP) is 4.09. The second-order valence-electron chi connectivity index (χ2n) is 4.89. The van der Waals surface area contributed by atoms with E-state index >= 15 is 0 Å². The first kappa shape index (κ1) is 14.7. The van der Waals surface area contributed by atoms with Gasteiger partial charge in [0.1, 0.15) is 5.25 Å². The molecule has 1 N–H and O–H groups in total. The quantitative estimate of drug-likeness (QED) is 0.841. The fourth-order valence-electron chi connectivity index (χ4n) is 2.06. The molecule has 104 valence electrons. The highest BCUT2D eigenvalue weighted by molar-refractivity contribution is 8.00. The Morgan fingerprint density at radius 3 is 2.50 bits per heavy atom. The Hall–Kier alpha value is -1.74. The molecule has 0 bridgehead atoms. The van der Waals surface area contributed by atoms with Crippen LogP contribution in [-0.2, 0) is 11.2 Å². The van der Waals surface area contributed by atoms with Gasteiger partial charge in [0.25, 0.3) is 0 Å². The molecule has 2 aromatic carbocycles. The van der Waals surface area contributed by atoms with Crippen LogP contribution in [-0.4, -0.2) is 16.3 Å². The highest BCUT2D eigenvalue weighted by Crippen LogP contribution is 2.27. The summed E-state index contributed by atoms with van der Waals surface area (Å²) in [6, 6.07) is 15.9. The van der Waals surface area contributed by atoms with Gasteiger partial charge in [0, 0.05) is 4.90 Å². The Morgan fingerprint density at radius 1 is 1.15 bits per heavy atom. The highest BCUT2D eigenvalue weighted by Gasteiger charge is 2.20. The normalized spacial score (nSPS) is 12.1. The zero-order valence-corrected chi connectivity index (χ0v) is 12.5. The van der Waals surface area contributed by atoms with Crippen molar-refractivity contribution in [3.8, 4) is 0 Å². The summed E-state index contributed by atoms with van der Waals surface area (Å²) in [5, 5.41) is 8.97. The van der Waals surface area contributed by atoms with Crippen LogP contribution in [0.2, 0.25) is 0 Å². The average Bonchev–Trinajstić information content (AvgIpc) is 2.43. The molecule has 2 nitrogen and oxygen atoms in total. The minimum atomic E-state index is -0.764. The standard InChI is InChI=1S/C17H18O2S/c1-12-8-9-13(2)14(10-12)11-16(17(18)19)20-15-6-4-3-5-7-15/h3-10,16H,11H2,1-2H3,(H,18,19)/t16-/m0/s1. The molecule has 0 saturated carbocycles. The maximum Gasteiger partial charge on any atom is 0.317 e. The summed E-state index contributed by atoms with van der Waals surface area (Å²) in [5.74, 6) is -0.764. The van der Waals surface area contributed by atoms with Crippen LogP contribution < -0.4 is 0 Å². The van der Waals surface area contributed by atoms with E-state index < -0.39 is 11.2 Å². The van der Waals surface area contributed by atoms with E-state index in [0.717, 1.165) is 16.0 Å². The molecule has 0 saturated heterocycles. The summed E-state index contributed by atoms with van der Waals surface area (Å²) in [4.78, 5) is 12.5. The summed E-state index contributed by atoms with van der Waals surface area (Å²) in [6.07, 6.45) is 0.544. The SMILES string of the molecule is Cc1ccc(C)c(C[C@H](Sc2ccccc2)C(=O)O)c1. The summed E-state index contributed by atoms with van der Waals surface area (Å²) < 4.78 is 0. The van der Waals surface area contributed by atoms with E-state index in [1.807, 2.05) is 44.2 Å². The largest absolute Gasteiger partial charge is 0.480 e. The van der Waals surface area contributed by atoms with Crippen LogP contribution in [0.4, 0.5) is 0 Å². The number of carboxylic acids is 1. The molecule has 0 unspecified atom stereocenters. The number of rotatable bonds is 5. The van der Waals surface area contributed by atoms with Crippen LogP contribution >= 0.6 is 11.8 Å². The van der Waals surface area contributed by atoms with Crippen molar-refractivity contribution < 1.29 is 9.90 Å². The minimum Gasteiger partial charge on any atom is -0.480 e. The molecule has 0 spiro atoms. The molecule has 0 aromatic heterocycles. The van der Waals surface area contributed by atoms with Crippen molar-refractivity contribution in [1.82, 2.24) is 0 Å². The fourth-order valence-corrected chi connectivity index (χ4v) is 3.07. The van der Waals surface area contributed by atoms with Gasteiger partial charge in [-0.15, -0.1) is 11.8 Å². The van der Waals surface area contributed by atoms with Gasteiger partial charge in [0.05, 0.1) is 0 Å². The van der Waals surface area contributed by atoms with Gasteiger partial charge in [-0.3, -0.25) is 4.79 Å². The van der Waals surface area contributed by atoms with Crippen LogP contribution in [0.5, 0.6) is 0 Å². The van der Waals surface area contributed by atoms with E-state index in [1.54, 1.807) is 0 Å². The molecule has 3 heteroatoms. The molecule has 0 aliphatic rings. The molecule has 2 aromatic rings. The number of carbonyl (C=O) groups is 1. The first-order valence-electron chi connectivity index (χ1n) is 6.57. The molecule has 0 aliphatic heterocycles. The average molecular weight is 286 g/mol. The number of aliphatic carboxylic acids is 1. The number of carboxylic acid groups (broad SMARTS) is 1. The molecule has 0 amide bonds. The van der Waals surface area contributed by atoms with Gasteiger partial charge in [0.2, 0.25) is 0 Å². The topological polar surface area (TPSA) is 37.3 Å². The molecular formula is C17H18O2S. The molecule has 1 atom stereocenters. The van der Waals surface area contributed by atoms with Crippen molar-refractivity contribution in [2.45, 2.75) is 30.4 Å². The third-order valence-corrected chi connectivity index (χ3v) is 4.40. The maximum atomic E-state index is 11.5.